The van der Waals surface area contributed by atoms with Crippen LogP contribution in [0.4, 0.5) is 11.4 Å². The number of nitriles is 1. The van der Waals surface area contributed by atoms with Crippen molar-refractivity contribution in [2.24, 2.45) is 0 Å². The molecule has 0 aliphatic carbocycles. The smallest absolute Gasteiger partial charge is 0.259 e. The second kappa shape index (κ2) is 8.25. The summed E-state index contributed by atoms with van der Waals surface area (Å²) in [6.07, 6.45) is 0.868. The summed E-state index contributed by atoms with van der Waals surface area (Å²) >= 11 is 5.68. The molecule has 0 spiro atoms. The highest BCUT2D eigenvalue weighted by atomic mass is 32.1. The number of thiocarbonyl (C=S) groups is 1. The zero-order valence-electron chi connectivity index (χ0n) is 17.5. The third kappa shape index (κ3) is 3.66. The quantitative estimate of drug-likeness (QED) is 0.742. The number of carbonyl (C=O) groups excluding carboxylic acids is 2. The van der Waals surface area contributed by atoms with Gasteiger partial charge in [-0.05, 0) is 87.4 Å². The molecule has 2 aromatic rings. The minimum absolute atomic E-state index is 0.127. The lowest BCUT2D eigenvalue weighted by Crippen LogP contribution is -2.44. The Bertz CT molecular complexity index is 1050. The van der Waals surface area contributed by atoms with Crippen molar-refractivity contribution in [3.05, 3.63) is 59.2 Å². The number of benzene rings is 2. The number of carbonyl (C=O) groups is 2. The molecule has 1 N–H and O–H groups in total. The summed E-state index contributed by atoms with van der Waals surface area (Å²) in [6.45, 7) is 8.09. The van der Waals surface area contributed by atoms with Crippen LogP contribution in [0, 0.1) is 18.3 Å². The van der Waals surface area contributed by atoms with Gasteiger partial charge in [0, 0.05) is 17.8 Å². The van der Waals surface area contributed by atoms with E-state index in [2.05, 4.69) is 11.4 Å². The van der Waals surface area contributed by atoms with Gasteiger partial charge in [-0.1, -0.05) is 6.92 Å². The summed E-state index contributed by atoms with van der Waals surface area (Å²) in [5, 5.41) is 12.4. The van der Waals surface area contributed by atoms with Gasteiger partial charge in [-0.2, -0.15) is 5.26 Å². The highest BCUT2D eigenvalue weighted by Gasteiger charge is 2.50. The van der Waals surface area contributed by atoms with Gasteiger partial charge in [0.25, 0.3) is 11.8 Å². The van der Waals surface area contributed by atoms with Crippen LogP contribution in [0.2, 0.25) is 0 Å². The van der Waals surface area contributed by atoms with Gasteiger partial charge in [-0.25, -0.2) is 0 Å². The Morgan fingerprint density at radius 3 is 2.37 bits per heavy atom. The van der Waals surface area contributed by atoms with Crippen molar-refractivity contribution < 1.29 is 9.59 Å². The standard InChI is InChI=1S/C23H24N4O2S/c1-5-12-25-20(28)16-6-9-18(10-7-16)27-22(30)26(21(29)23(27,3)4)19-11-8-17(14-24)15(2)13-19/h6-11,13H,5,12H2,1-4H3,(H,25,28). The molecular weight excluding hydrogens is 396 g/mol. The lowest BCUT2D eigenvalue weighted by molar-refractivity contribution is -0.120. The molecule has 2 aromatic carbocycles. The summed E-state index contributed by atoms with van der Waals surface area (Å²) in [4.78, 5) is 28.7. The molecule has 1 saturated heterocycles. The summed E-state index contributed by atoms with van der Waals surface area (Å²) in [5.74, 6) is -0.279. The minimum Gasteiger partial charge on any atom is -0.352 e. The van der Waals surface area contributed by atoms with Gasteiger partial charge in [-0.15, -0.1) is 0 Å². The third-order valence-corrected chi connectivity index (χ3v) is 5.55. The fourth-order valence-electron chi connectivity index (χ4n) is 3.47. The van der Waals surface area contributed by atoms with Crippen LogP contribution < -0.4 is 15.1 Å². The average Bonchev–Trinajstić information content (AvgIpc) is 2.90. The number of hydrogen-bond donors (Lipinski definition) is 1. The maximum atomic E-state index is 13.2. The Hall–Kier alpha value is -3.24. The zero-order chi connectivity index (χ0) is 22.1. The first kappa shape index (κ1) is 21.5. The van der Waals surface area contributed by atoms with Crippen LogP contribution >= 0.6 is 12.2 Å². The van der Waals surface area contributed by atoms with Crippen molar-refractivity contribution in [1.29, 1.82) is 5.26 Å². The largest absolute Gasteiger partial charge is 0.352 e. The predicted octanol–water partition coefficient (Wildman–Crippen LogP) is 3.92. The highest BCUT2D eigenvalue weighted by molar-refractivity contribution is 7.81. The van der Waals surface area contributed by atoms with E-state index in [1.54, 1.807) is 47.4 Å². The number of nitrogens with zero attached hydrogens (tertiary/aromatic N) is 3. The Morgan fingerprint density at radius 1 is 1.17 bits per heavy atom. The third-order valence-electron chi connectivity index (χ3n) is 5.18. The Balaban J connectivity index is 1.94. The second-order valence-electron chi connectivity index (χ2n) is 7.73. The summed E-state index contributed by atoms with van der Waals surface area (Å²) < 4.78 is 0. The van der Waals surface area contributed by atoms with Crippen LogP contribution in [0.25, 0.3) is 0 Å². The summed E-state index contributed by atoms with van der Waals surface area (Å²) in [5.41, 5.74) is 2.37. The van der Waals surface area contributed by atoms with Crippen molar-refractivity contribution in [2.45, 2.75) is 39.7 Å². The molecule has 30 heavy (non-hydrogen) atoms. The molecule has 3 rings (SSSR count). The topological polar surface area (TPSA) is 76.4 Å². The minimum atomic E-state index is -0.898. The molecule has 0 atom stereocenters. The van der Waals surface area contributed by atoms with Gasteiger partial charge in [0.2, 0.25) is 0 Å². The Kier molecular flexibility index (Phi) is 5.90. The Morgan fingerprint density at radius 2 is 1.80 bits per heavy atom. The van der Waals surface area contributed by atoms with Crippen LogP contribution in [0.15, 0.2) is 42.5 Å². The van der Waals surface area contributed by atoms with E-state index < -0.39 is 5.54 Å². The molecular formula is C23H24N4O2S. The SMILES string of the molecule is CCCNC(=O)c1ccc(N2C(=S)N(c3ccc(C#N)c(C)c3)C(=O)C2(C)C)cc1. The molecule has 1 aliphatic heterocycles. The predicted molar refractivity (Wildman–Crippen MR) is 122 cm³/mol. The van der Waals surface area contributed by atoms with Crippen molar-refractivity contribution >= 4 is 40.5 Å². The molecule has 6 nitrogen and oxygen atoms in total. The lowest BCUT2D eigenvalue weighted by Gasteiger charge is -2.29. The fraction of sp³-hybridized carbons (Fsp3) is 0.304. The van der Waals surface area contributed by atoms with E-state index in [4.69, 9.17) is 17.5 Å². The van der Waals surface area contributed by atoms with Gasteiger partial charge in [-0.3, -0.25) is 14.5 Å². The van der Waals surface area contributed by atoms with Gasteiger partial charge >= 0.3 is 0 Å². The molecule has 0 unspecified atom stereocenters. The molecule has 1 heterocycles. The molecule has 0 bridgehead atoms. The fourth-order valence-corrected chi connectivity index (χ4v) is 3.99. The van der Waals surface area contributed by atoms with Gasteiger partial charge < -0.3 is 10.2 Å². The van der Waals surface area contributed by atoms with Gasteiger partial charge in [0.05, 0.1) is 17.3 Å². The van der Waals surface area contributed by atoms with E-state index in [1.807, 2.05) is 27.7 Å². The van der Waals surface area contributed by atoms with Crippen LogP contribution in [0.5, 0.6) is 0 Å². The number of rotatable bonds is 5. The van der Waals surface area contributed by atoms with Crippen LogP contribution in [-0.2, 0) is 4.79 Å². The number of nitrogens with one attached hydrogen (secondary N) is 1. The van der Waals surface area contributed by atoms with E-state index in [-0.39, 0.29) is 11.8 Å². The van der Waals surface area contributed by atoms with Gasteiger partial charge in [0.15, 0.2) is 5.11 Å². The van der Waals surface area contributed by atoms with E-state index >= 15 is 0 Å². The van der Waals surface area contributed by atoms with Crippen LogP contribution in [0.3, 0.4) is 0 Å². The van der Waals surface area contributed by atoms with Gasteiger partial charge in [0.1, 0.15) is 5.54 Å². The van der Waals surface area contributed by atoms with Crippen LogP contribution in [-0.4, -0.2) is 29.0 Å². The summed E-state index contributed by atoms with van der Waals surface area (Å²) in [7, 11) is 0. The van der Waals surface area contributed by atoms with Crippen molar-refractivity contribution in [1.82, 2.24) is 5.32 Å². The van der Waals surface area contributed by atoms with E-state index in [0.717, 1.165) is 17.7 Å². The first-order valence-corrected chi connectivity index (χ1v) is 10.2. The molecule has 2 amide bonds. The monoisotopic (exact) mass is 420 g/mol. The number of anilines is 2. The molecule has 0 aromatic heterocycles. The van der Waals surface area contributed by atoms with E-state index in [1.165, 1.54) is 4.90 Å². The zero-order valence-corrected chi connectivity index (χ0v) is 18.3. The molecule has 1 aliphatic rings. The molecule has 1 fully saturated rings. The molecule has 154 valence electrons. The lowest BCUT2D eigenvalue weighted by atomic mass is 10.0. The first-order valence-electron chi connectivity index (χ1n) is 9.80. The molecule has 0 saturated carbocycles. The number of aryl methyl sites for hydroxylation is 1. The van der Waals surface area contributed by atoms with Crippen molar-refractivity contribution in [2.75, 3.05) is 16.3 Å². The van der Waals surface area contributed by atoms with Crippen molar-refractivity contribution in [3.8, 4) is 6.07 Å². The molecule has 0 radical (unpaired) electrons. The molecule has 7 heteroatoms. The number of hydrogen-bond acceptors (Lipinski definition) is 4. The average molecular weight is 421 g/mol. The van der Waals surface area contributed by atoms with E-state index in [9.17, 15) is 9.59 Å². The van der Waals surface area contributed by atoms with Crippen molar-refractivity contribution in [3.63, 3.8) is 0 Å². The van der Waals surface area contributed by atoms with E-state index in [0.29, 0.717) is 28.5 Å². The Labute approximate surface area is 182 Å². The summed E-state index contributed by atoms with van der Waals surface area (Å²) in [6, 6.07) is 14.4. The highest BCUT2D eigenvalue weighted by Crippen LogP contribution is 2.36. The first-order chi connectivity index (χ1) is 14.2. The normalized spacial score (nSPS) is 15.3. The maximum absolute atomic E-state index is 13.2. The van der Waals surface area contributed by atoms with Crippen LogP contribution in [0.1, 0.15) is 48.7 Å². The number of amides is 2. The second-order valence-corrected chi connectivity index (χ2v) is 8.10. The maximum Gasteiger partial charge on any atom is 0.259 e.